The van der Waals surface area contributed by atoms with Crippen LogP contribution in [0.1, 0.15) is 6.92 Å². The summed E-state index contributed by atoms with van der Waals surface area (Å²) in [5.74, 6) is 0. The van der Waals surface area contributed by atoms with Gasteiger partial charge in [0.25, 0.3) is 0 Å². The van der Waals surface area contributed by atoms with E-state index in [1.807, 2.05) is 19.1 Å². The molecule has 0 radical (unpaired) electrons. The average Bonchev–Trinajstić information content (AvgIpc) is 2.41. The lowest BCUT2D eigenvalue weighted by Crippen LogP contribution is -2.04. The first-order chi connectivity index (χ1) is 4.93. The summed E-state index contributed by atoms with van der Waals surface area (Å²) < 4.78 is 10.1. The highest BCUT2D eigenvalue weighted by Gasteiger charge is 2.05. The summed E-state index contributed by atoms with van der Waals surface area (Å²) >= 11 is 0. The van der Waals surface area contributed by atoms with Gasteiger partial charge in [0.1, 0.15) is 13.2 Å². The highest BCUT2D eigenvalue weighted by molar-refractivity contribution is 5.68. The van der Waals surface area contributed by atoms with Crippen molar-refractivity contribution in [2.45, 2.75) is 6.92 Å². The summed E-state index contributed by atoms with van der Waals surface area (Å²) in [5, 5.41) is 0. The third-order valence-corrected chi connectivity index (χ3v) is 1.10. The van der Waals surface area contributed by atoms with Gasteiger partial charge >= 0.3 is 6.08 Å². The second-order valence-corrected chi connectivity index (χ2v) is 1.88. The van der Waals surface area contributed by atoms with Gasteiger partial charge in [-0.15, -0.1) is 0 Å². The summed E-state index contributed by atoms with van der Waals surface area (Å²) in [4.78, 5) is 3.95. The van der Waals surface area contributed by atoms with E-state index >= 15 is 0 Å². The fourth-order valence-corrected chi connectivity index (χ4v) is 0.618. The predicted octanol–water partition coefficient (Wildman–Crippen LogP) is 0.965. The third kappa shape index (κ3) is 2.09. The van der Waals surface area contributed by atoms with E-state index in [-0.39, 0.29) is 0 Å². The number of nitrogens with zero attached hydrogens (tertiary/aromatic N) is 1. The molecule has 0 atom stereocenters. The SMILES string of the molecule is C/C=C/COC1=NCCO1. The maximum atomic E-state index is 5.08. The fraction of sp³-hybridized carbons (Fsp3) is 0.571. The van der Waals surface area contributed by atoms with Gasteiger partial charge in [-0.05, 0) is 6.92 Å². The minimum Gasteiger partial charge on any atom is -0.449 e. The van der Waals surface area contributed by atoms with Crippen LogP contribution in [0, 0.1) is 0 Å². The predicted molar refractivity (Wildman–Crippen MR) is 39.0 cm³/mol. The topological polar surface area (TPSA) is 30.8 Å². The largest absolute Gasteiger partial charge is 0.449 e. The molecule has 3 nitrogen and oxygen atoms in total. The number of hydrogen-bond acceptors (Lipinski definition) is 3. The molecular formula is C7H11NO2. The van der Waals surface area contributed by atoms with Gasteiger partial charge in [-0.2, -0.15) is 0 Å². The summed E-state index contributed by atoms with van der Waals surface area (Å²) in [7, 11) is 0. The lowest BCUT2D eigenvalue weighted by molar-refractivity contribution is 0.208. The van der Waals surface area contributed by atoms with Crippen LogP contribution in [0.4, 0.5) is 0 Å². The first-order valence-electron chi connectivity index (χ1n) is 3.34. The Labute approximate surface area is 60.4 Å². The molecule has 1 rings (SSSR count). The van der Waals surface area contributed by atoms with Gasteiger partial charge in [0.05, 0.1) is 6.54 Å². The molecule has 0 fully saturated rings. The third-order valence-electron chi connectivity index (χ3n) is 1.10. The number of aliphatic imine (C=N–C) groups is 1. The number of allylic oxidation sites excluding steroid dienone is 1. The van der Waals surface area contributed by atoms with Crippen molar-refractivity contribution >= 4 is 6.08 Å². The molecule has 0 aromatic rings. The molecule has 3 heteroatoms. The Kier molecular flexibility index (Phi) is 2.80. The molecule has 0 amide bonds. The Balaban J connectivity index is 2.12. The van der Waals surface area contributed by atoms with Crippen LogP contribution < -0.4 is 0 Å². The van der Waals surface area contributed by atoms with Crippen molar-refractivity contribution in [3.63, 3.8) is 0 Å². The minimum atomic E-state index is 0.429. The van der Waals surface area contributed by atoms with Gasteiger partial charge in [0, 0.05) is 0 Å². The van der Waals surface area contributed by atoms with Crippen LogP contribution in [-0.4, -0.2) is 25.8 Å². The standard InChI is InChI=1S/C7H11NO2/c1-2-3-5-9-7-8-4-6-10-7/h2-3H,4-6H2,1H3/b3-2+. The first-order valence-corrected chi connectivity index (χ1v) is 3.34. The van der Waals surface area contributed by atoms with E-state index in [9.17, 15) is 0 Å². The summed E-state index contributed by atoms with van der Waals surface area (Å²) in [6.45, 7) is 3.88. The second kappa shape index (κ2) is 3.93. The van der Waals surface area contributed by atoms with Crippen LogP contribution in [0.15, 0.2) is 17.1 Å². The van der Waals surface area contributed by atoms with Crippen LogP contribution in [0.3, 0.4) is 0 Å². The molecule has 0 aromatic heterocycles. The Bertz CT molecular complexity index is 152. The molecule has 0 spiro atoms. The Hall–Kier alpha value is -0.990. The van der Waals surface area contributed by atoms with Crippen molar-refractivity contribution in [2.75, 3.05) is 19.8 Å². The molecule has 0 bridgehead atoms. The molecule has 0 unspecified atom stereocenters. The summed E-state index contributed by atoms with van der Waals surface area (Å²) in [6, 6.07) is 0. The summed E-state index contributed by atoms with van der Waals surface area (Å²) in [6.07, 6.45) is 4.26. The van der Waals surface area contributed by atoms with E-state index in [4.69, 9.17) is 9.47 Å². The van der Waals surface area contributed by atoms with E-state index in [1.165, 1.54) is 0 Å². The van der Waals surface area contributed by atoms with Crippen LogP contribution in [0.25, 0.3) is 0 Å². The zero-order valence-electron chi connectivity index (χ0n) is 6.04. The zero-order valence-corrected chi connectivity index (χ0v) is 6.04. The molecule has 1 aliphatic heterocycles. The van der Waals surface area contributed by atoms with Crippen molar-refractivity contribution in [1.82, 2.24) is 0 Å². The lowest BCUT2D eigenvalue weighted by Gasteiger charge is -1.99. The molecular weight excluding hydrogens is 130 g/mol. The molecule has 10 heavy (non-hydrogen) atoms. The Morgan fingerprint density at radius 3 is 3.30 bits per heavy atom. The van der Waals surface area contributed by atoms with Gasteiger partial charge in [-0.1, -0.05) is 12.2 Å². The monoisotopic (exact) mass is 141 g/mol. The van der Waals surface area contributed by atoms with Gasteiger partial charge in [-0.3, -0.25) is 0 Å². The molecule has 0 saturated carbocycles. The number of ether oxygens (including phenoxy) is 2. The smallest absolute Gasteiger partial charge is 0.383 e. The fourth-order valence-electron chi connectivity index (χ4n) is 0.618. The van der Waals surface area contributed by atoms with E-state index in [0.717, 1.165) is 6.54 Å². The van der Waals surface area contributed by atoms with E-state index in [0.29, 0.717) is 19.3 Å². The minimum absolute atomic E-state index is 0.429. The Morgan fingerprint density at radius 2 is 2.70 bits per heavy atom. The number of hydrogen-bond donors (Lipinski definition) is 0. The van der Waals surface area contributed by atoms with Crippen LogP contribution >= 0.6 is 0 Å². The van der Waals surface area contributed by atoms with E-state index in [2.05, 4.69) is 4.99 Å². The maximum Gasteiger partial charge on any atom is 0.383 e. The van der Waals surface area contributed by atoms with Crippen molar-refractivity contribution < 1.29 is 9.47 Å². The molecule has 0 N–H and O–H groups in total. The van der Waals surface area contributed by atoms with E-state index < -0.39 is 0 Å². The molecule has 0 saturated heterocycles. The van der Waals surface area contributed by atoms with Gasteiger partial charge in [0.15, 0.2) is 0 Å². The van der Waals surface area contributed by atoms with Crippen LogP contribution in [0.2, 0.25) is 0 Å². The van der Waals surface area contributed by atoms with Crippen molar-refractivity contribution in [3.8, 4) is 0 Å². The first kappa shape index (κ1) is 7.12. The lowest BCUT2D eigenvalue weighted by atomic mass is 10.6. The molecule has 1 heterocycles. The highest BCUT2D eigenvalue weighted by Crippen LogP contribution is 1.94. The van der Waals surface area contributed by atoms with Crippen molar-refractivity contribution in [1.29, 1.82) is 0 Å². The van der Waals surface area contributed by atoms with E-state index in [1.54, 1.807) is 0 Å². The van der Waals surface area contributed by atoms with Crippen molar-refractivity contribution in [2.24, 2.45) is 4.99 Å². The quantitative estimate of drug-likeness (QED) is 0.536. The van der Waals surface area contributed by atoms with Crippen molar-refractivity contribution in [3.05, 3.63) is 12.2 Å². The molecule has 0 aromatic carbocycles. The van der Waals surface area contributed by atoms with Gasteiger partial charge in [-0.25, -0.2) is 4.99 Å². The Morgan fingerprint density at radius 1 is 1.80 bits per heavy atom. The maximum absolute atomic E-state index is 5.08. The summed E-state index contributed by atoms with van der Waals surface area (Å²) in [5.41, 5.74) is 0. The molecule has 1 aliphatic rings. The van der Waals surface area contributed by atoms with Crippen LogP contribution in [0.5, 0.6) is 0 Å². The average molecular weight is 141 g/mol. The van der Waals surface area contributed by atoms with Gasteiger partial charge in [0.2, 0.25) is 0 Å². The van der Waals surface area contributed by atoms with Gasteiger partial charge < -0.3 is 9.47 Å². The van der Waals surface area contributed by atoms with Crippen LogP contribution in [-0.2, 0) is 9.47 Å². The normalized spacial score (nSPS) is 17.1. The molecule has 0 aliphatic carbocycles. The number of rotatable bonds is 2. The zero-order chi connectivity index (χ0) is 7.23. The highest BCUT2D eigenvalue weighted by atomic mass is 16.7. The molecule has 56 valence electrons. The second-order valence-electron chi connectivity index (χ2n) is 1.88.